The Kier molecular flexibility index (Phi) is 3.92. The summed E-state index contributed by atoms with van der Waals surface area (Å²) in [4.78, 5) is 26.0. The third-order valence-corrected chi connectivity index (χ3v) is 2.49. The van der Waals surface area contributed by atoms with Crippen molar-refractivity contribution in [2.75, 3.05) is 11.9 Å². The molecule has 3 N–H and O–H groups in total. The molecule has 0 atom stereocenters. The summed E-state index contributed by atoms with van der Waals surface area (Å²) in [5.74, 6) is -0.947. The van der Waals surface area contributed by atoms with E-state index < -0.39 is 12.0 Å². The standard InChI is InChI=1S/C13H13N3O3/c17-12(18)5-7-15-13(19)16-10-3-4-11-9(8-10)2-1-6-14-11/h1-4,6,8H,5,7H2,(H,17,18)(H2,15,16,19). The van der Waals surface area contributed by atoms with Gasteiger partial charge in [0.25, 0.3) is 0 Å². The molecule has 2 amide bonds. The van der Waals surface area contributed by atoms with Gasteiger partial charge >= 0.3 is 12.0 Å². The molecule has 1 heterocycles. The third-order valence-electron chi connectivity index (χ3n) is 2.49. The molecule has 2 rings (SSSR count). The lowest BCUT2D eigenvalue weighted by molar-refractivity contribution is -0.136. The van der Waals surface area contributed by atoms with Crippen molar-refractivity contribution in [1.29, 1.82) is 0 Å². The number of carbonyl (C=O) groups excluding carboxylic acids is 1. The van der Waals surface area contributed by atoms with E-state index in [1.807, 2.05) is 18.2 Å². The van der Waals surface area contributed by atoms with Gasteiger partial charge < -0.3 is 15.7 Å². The first-order valence-corrected chi connectivity index (χ1v) is 5.76. The van der Waals surface area contributed by atoms with Gasteiger partial charge in [-0.15, -0.1) is 0 Å². The largest absolute Gasteiger partial charge is 0.481 e. The van der Waals surface area contributed by atoms with Crippen LogP contribution in [0.3, 0.4) is 0 Å². The van der Waals surface area contributed by atoms with Crippen LogP contribution in [-0.2, 0) is 4.79 Å². The van der Waals surface area contributed by atoms with Crippen molar-refractivity contribution in [2.45, 2.75) is 6.42 Å². The number of nitrogens with zero attached hydrogens (tertiary/aromatic N) is 1. The summed E-state index contributed by atoms with van der Waals surface area (Å²) < 4.78 is 0. The van der Waals surface area contributed by atoms with E-state index in [0.29, 0.717) is 5.69 Å². The maximum atomic E-state index is 11.5. The summed E-state index contributed by atoms with van der Waals surface area (Å²) in [6.07, 6.45) is 1.60. The number of pyridine rings is 1. The smallest absolute Gasteiger partial charge is 0.319 e. The molecule has 6 nitrogen and oxygen atoms in total. The van der Waals surface area contributed by atoms with E-state index in [1.165, 1.54) is 0 Å². The van der Waals surface area contributed by atoms with Crippen LogP contribution in [0.25, 0.3) is 10.9 Å². The second kappa shape index (κ2) is 5.81. The molecule has 0 fully saturated rings. The Morgan fingerprint density at radius 2 is 2.11 bits per heavy atom. The van der Waals surface area contributed by atoms with E-state index in [1.54, 1.807) is 18.3 Å². The average molecular weight is 259 g/mol. The van der Waals surface area contributed by atoms with Gasteiger partial charge in [0.1, 0.15) is 0 Å². The highest BCUT2D eigenvalue weighted by Crippen LogP contribution is 2.16. The number of anilines is 1. The van der Waals surface area contributed by atoms with Crippen molar-refractivity contribution < 1.29 is 14.7 Å². The minimum Gasteiger partial charge on any atom is -0.481 e. The van der Waals surface area contributed by atoms with Crippen molar-refractivity contribution in [1.82, 2.24) is 10.3 Å². The molecule has 2 aromatic rings. The van der Waals surface area contributed by atoms with Gasteiger partial charge in [-0.1, -0.05) is 6.07 Å². The Balaban J connectivity index is 1.97. The van der Waals surface area contributed by atoms with Crippen molar-refractivity contribution in [3.63, 3.8) is 0 Å². The molecule has 6 heteroatoms. The highest BCUT2D eigenvalue weighted by Gasteiger charge is 2.03. The zero-order chi connectivity index (χ0) is 13.7. The molecule has 0 bridgehead atoms. The molecule has 98 valence electrons. The number of amides is 2. The van der Waals surface area contributed by atoms with Crippen LogP contribution in [0.5, 0.6) is 0 Å². The fourth-order valence-electron chi connectivity index (χ4n) is 1.61. The topological polar surface area (TPSA) is 91.3 Å². The van der Waals surface area contributed by atoms with Crippen molar-refractivity contribution in [3.8, 4) is 0 Å². The summed E-state index contributed by atoms with van der Waals surface area (Å²) in [5.41, 5.74) is 1.48. The number of nitrogens with one attached hydrogen (secondary N) is 2. The molecule has 19 heavy (non-hydrogen) atoms. The Hall–Kier alpha value is -2.63. The van der Waals surface area contributed by atoms with Crippen LogP contribution in [0.2, 0.25) is 0 Å². The minimum atomic E-state index is -0.947. The SMILES string of the molecule is O=C(O)CCNC(=O)Nc1ccc2ncccc2c1. The van der Waals surface area contributed by atoms with Gasteiger partial charge in [0.2, 0.25) is 0 Å². The van der Waals surface area contributed by atoms with E-state index in [2.05, 4.69) is 15.6 Å². The number of urea groups is 1. The fourth-order valence-corrected chi connectivity index (χ4v) is 1.61. The summed E-state index contributed by atoms with van der Waals surface area (Å²) in [5, 5.41) is 14.5. The Morgan fingerprint density at radius 1 is 1.26 bits per heavy atom. The zero-order valence-corrected chi connectivity index (χ0v) is 10.1. The summed E-state index contributed by atoms with van der Waals surface area (Å²) in [6, 6.07) is 8.65. The first kappa shape index (κ1) is 12.8. The van der Waals surface area contributed by atoms with Crippen LogP contribution >= 0.6 is 0 Å². The Morgan fingerprint density at radius 3 is 2.89 bits per heavy atom. The number of rotatable bonds is 4. The van der Waals surface area contributed by atoms with Crippen molar-refractivity contribution >= 4 is 28.6 Å². The van der Waals surface area contributed by atoms with Gasteiger partial charge in [0.15, 0.2) is 0 Å². The Bertz CT molecular complexity index is 613. The van der Waals surface area contributed by atoms with Crippen molar-refractivity contribution in [3.05, 3.63) is 36.5 Å². The molecule has 0 aliphatic heterocycles. The van der Waals surface area contributed by atoms with E-state index in [-0.39, 0.29) is 13.0 Å². The van der Waals surface area contributed by atoms with E-state index in [9.17, 15) is 9.59 Å². The van der Waals surface area contributed by atoms with Gasteiger partial charge in [-0.05, 0) is 24.3 Å². The van der Waals surface area contributed by atoms with Crippen LogP contribution in [-0.4, -0.2) is 28.6 Å². The van der Waals surface area contributed by atoms with Crippen LogP contribution < -0.4 is 10.6 Å². The summed E-state index contributed by atoms with van der Waals surface area (Å²) in [6.45, 7) is 0.0936. The highest BCUT2D eigenvalue weighted by atomic mass is 16.4. The lowest BCUT2D eigenvalue weighted by atomic mass is 10.2. The normalized spacial score (nSPS) is 10.1. The summed E-state index contributed by atoms with van der Waals surface area (Å²) >= 11 is 0. The van der Waals surface area contributed by atoms with Gasteiger partial charge in [-0.2, -0.15) is 0 Å². The molecule has 0 aliphatic rings. The lowest BCUT2D eigenvalue weighted by Gasteiger charge is -2.07. The van der Waals surface area contributed by atoms with E-state index in [4.69, 9.17) is 5.11 Å². The quantitative estimate of drug-likeness (QED) is 0.781. The van der Waals surface area contributed by atoms with Gasteiger partial charge in [0.05, 0.1) is 11.9 Å². The number of fused-ring (bicyclic) bond motifs is 1. The monoisotopic (exact) mass is 259 g/mol. The highest BCUT2D eigenvalue weighted by molar-refractivity contribution is 5.92. The molecular weight excluding hydrogens is 246 g/mol. The second-order valence-corrected chi connectivity index (χ2v) is 3.94. The third kappa shape index (κ3) is 3.67. The molecule has 0 saturated carbocycles. The first-order chi connectivity index (χ1) is 9.15. The minimum absolute atomic E-state index is 0.0936. The number of carboxylic acid groups (broad SMARTS) is 1. The van der Waals surface area contributed by atoms with Crippen molar-refractivity contribution in [2.24, 2.45) is 0 Å². The predicted octanol–water partition coefficient (Wildman–Crippen LogP) is 1.83. The molecule has 0 saturated heterocycles. The average Bonchev–Trinajstić information content (AvgIpc) is 2.38. The Labute approximate surface area is 109 Å². The number of aliphatic carboxylic acids is 1. The molecule has 1 aromatic carbocycles. The second-order valence-electron chi connectivity index (χ2n) is 3.94. The predicted molar refractivity (Wildman–Crippen MR) is 71.0 cm³/mol. The maximum Gasteiger partial charge on any atom is 0.319 e. The molecule has 0 aliphatic carbocycles. The molecular formula is C13H13N3O3. The van der Waals surface area contributed by atoms with Crippen LogP contribution in [0.1, 0.15) is 6.42 Å². The molecule has 0 unspecified atom stereocenters. The van der Waals surface area contributed by atoms with E-state index in [0.717, 1.165) is 10.9 Å². The fraction of sp³-hybridized carbons (Fsp3) is 0.154. The number of carboxylic acids is 1. The lowest BCUT2D eigenvalue weighted by Crippen LogP contribution is -2.30. The van der Waals surface area contributed by atoms with Crippen LogP contribution in [0.4, 0.5) is 10.5 Å². The number of hydrogen-bond donors (Lipinski definition) is 3. The maximum absolute atomic E-state index is 11.5. The number of benzene rings is 1. The van der Waals surface area contributed by atoms with Gasteiger partial charge in [0, 0.05) is 23.8 Å². The van der Waals surface area contributed by atoms with Crippen LogP contribution in [0.15, 0.2) is 36.5 Å². The number of carbonyl (C=O) groups is 2. The number of aromatic nitrogens is 1. The van der Waals surface area contributed by atoms with Gasteiger partial charge in [-0.3, -0.25) is 9.78 Å². The first-order valence-electron chi connectivity index (χ1n) is 5.76. The van der Waals surface area contributed by atoms with E-state index >= 15 is 0 Å². The van der Waals surface area contributed by atoms with Gasteiger partial charge in [-0.25, -0.2) is 4.79 Å². The molecule has 0 radical (unpaired) electrons. The zero-order valence-electron chi connectivity index (χ0n) is 10.1. The van der Waals surface area contributed by atoms with Crippen LogP contribution in [0, 0.1) is 0 Å². The number of hydrogen-bond acceptors (Lipinski definition) is 3. The molecule has 0 spiro atoms. The summed E-state index contributed by atoms with van der Waals surface area (Å²) in [7, 11) is 0. The molecule has 1 aromatic heterocycles.